The van der Waals surface area contributed by atoms with Crippen molar-refractivity contribution in [3.05, 3.63) is 85.9 Å². The monoisotopic (exact) mass is 577 g/mol. The number of nitrogens with zero attached hydrogens (tertiary/aromatic N) is 1. The first-order valence-corrected chi connectivity index (χ1v) is 11.3. The highest BCUT2D eigenvalue weighted by atomic mass is 127. The highest BCUT2D eigenvalue weighted by Gasteiger charge is 2.12. The second-order valence-electron chi connectivity index (χ2n) is 6.87. The molecule has 7 nitrogen and oxygen atoms in total. The van der Waals surface area contributed by atoms with E-state index in [1.54, 1.807) is 37.4 Å². The van der Waals surface area contributed by atoms with E-state index in [0.717, 1.165) is 14.7 Å². The molecule has 3 rings (SSSR count). The van der Waals surface area contributed by atoms with Crippen LogP contribution in [0.25, 0.3) is 0 Å². The molecule has 170 valence electrons. The SMILES string of the molecule is COc1cc(/C=N\NC(=O)c2ccc(NC(C)=O)cc2)cc(I)c1OCc1ccccc1Cl. The van der Waals surface area contributed by atoms with Crippen LogP contribution in [0.4, 0.5) is 5.69 Å². The van der Waals surface area contributed by atoms with E-state index in [0.29, 0.717) is 34.4 Å². The number of hydrogen-bond donors (Lipinski definition) is 2. The lowest BCUT2D eigenvalue weighted by molar-refractivity contribution is -0.114. The molecule has 0 saturated carbocycles. The average Bonchev–Trinajstić information content (AvgIpc) is 2.79. The van der Waals surface area contributed by atoms with Crippen LogP contribution in [0.5, 0.6) is 11.5 Å². The normalized spacial score (nSPS) is 10.7. The number of methoxy groups -OCH3 is 1. The van der Waals surface area contributed by atoms with Crippen molar-refractivity contribution >= 4 is 57.9 Å². The summed E-state index contributed by atoms with van der Waals surface area (Å²) < 4.78 is 12.3. The van der Waals surface area contributed by atoms with Gasteiger partial charge in [0, 0.05) is 28.8 Å². The summed E-state index contributed by atoms with van der Waals surface area (Å²) in [5, 5.41) is 7.31. The number of halogens is 2. The van der Waals surface area contributed by atoms with Gasteiger partial charge in [-0.2, -0.15) is 5.10 Å². The van der Waals surface area contributed by atoms with Crippen LogP contribution in [0.15, 0.2) is 65.8 Å². The number of nitrogens with one attached hydrogen (secondary N) is 2. The van der Waals surface area contributed by atoms with Crippen LogP contribution in [0.1, 0.15) is 28.4 Å². The van der Waals surface area contributed by atoms with E-state index in [1.807, 2.05) is 30.3 Å². The summed E-state index contributed by atoms with van der Waals surface area (Å²) in [4.78, 5) is 23.4. The van der Waals surface area contributed by atoms with Crippen molar-refractivity contribution in [3.63, 3.8) is 0 Å². The largest absolute Gasteiger partial charge is 0.493 e. The van der Waals surface area contributed by atoms with Gasteiger partial charge >= 0.3 is 0 Å². The second-order valence-corrected chi connectivity index (χ2v) is 8.44. The van der Waals surface area contributed by atoms with E-state index in [4.69, 9.17) is 21.1 Å². The quantitative estimate of drug-likeness (QED) is 0.217. The first-order valence-electron chi connectivity index (χ1n) is 9.82. The molecular formula is C24H21ClIN3O4. The molecule has 0 atom stereocenters. The van der Waals surface area contributed by atoms with Gasteiger partial charge in [-0.25, -0.2) is 5.43 Å². The molecule has 3 aromatic carbocycles. The van der Waals surface area contributed by atoms with Gasteiger partial charge in [0.1, 0.15) is 6.61 Å². The Kier molecular flexibility index (Phi) is 8.67. The first-order chi connectivity index (χ1) is 15.9. The molecule has 0 heterocycles. The Labute approximate surface area is 210 Å². The van der Waals surface area contributed by atoms with Gasteiger partial charge in [0.25, 0.3) is 5.91 Å². The fourth-order valence-corrected chi connectivity index (χ4v) is 3.83. The van der Waals surface area contributed by atoms with Crippen molar-refractivity contribution in [1.29, 1.82) is 0 Å². The van der Waals surface area contributed by atoms with E-state index < -0.39 is 0 Å². The number of amides is 2. The Bertz CT molecular complexity index is 1180. The number of ether oxygens (including phenoxy) is 2. The third-order valence-electron chi connectivity index (χ3n) is 4.43. The van der Waals surface area contributed by atoms with Crippen molar-refractivity contribution in [2.45, 2.75) is 13.5 Å². The van der Waals surface area contributed by atoms with Gasteiger partial charge in [0.05, 0.1) is 16.9 Å². The van der Waals surface area contributed by atoms with Crippen molar-refractivity contribution in [2.75, 3.05) is 12.4 Å². The average molecular weight is 578 g/mol. The Morgan fingerprint density at radius 2 is 1.85 bits per heavy atom. The van der Waals surface area contributed by atoms with Crippen LogP contribution < -0.4 is 20.2 Å². The molecule has 2 N–H and O–H groups in total. The van der Waals surface area contributed by atoms with Crippen LogP contribution in [0.2, 0.25) is 5.02 Å². The molecule has 0 aliphatic carbocycles. The molecule has 0 fully saturated rings. The zero-order chi connectivity index (χ0) is 23.8. The third kappa shape index (κ3) is 6.93. The van der Waals surface area contributed by atoms with Gasteiger partial charge in [-0.05, 0) is 70.6 Å². The Balaban J connectivity index is 1.65. The van der Waals surface area contributed by atoms with Crippen molar-refractivity contribution in [3.8, 4) is 11.5 Å². The lowest BCUT2D eigenvalue weighted by atomic mass is 10.2. The van der Waals surface area contributed by atoms with Crippen LogP contribution in [-0.2, 0) is 11.4 Å². The summed E-state index contributed by atoms with van der Waals surface area (Å²) >= 11 is 8.36. The molecule has 0 spiro atoms. The van der Waals surface area contributed by atoms with E-state index in [1.165, 1.54) is 13.1 Å². The Morgan fingerprint density at radius 1 is 1.12 bits per heavy atom. The van der Waals surface area contributed by atoms with Crippen molar-refractivity contribution < 1.29 is 19.1 Å². The highest BCUT2D eigenvalue weighted by molar-refractivity contribution is 14.1. The third-order valence-corrected chi connectivity index (χ3v) is 5.60. The molecule has 0 aliphatic heterocycles. The maximum absolute atomic E-state index is 12.3. The minimum absolute atomic E-state index is 0.179. The predicted molar refractivity (Wildman–Crippen MR) is 137 cm³/mol. The van der Waals surface area contributed by atoms with E-state index in [-0.39, 0.29) is 11.8 Å². The van der Waals surface area contributed by atoms with Gasteiger partial charge in [0.15, 0.2) is 11.5 Å². The standard InChI is InChI=1S/C24H21ClIN3O4/c1-15(30)28-19-9-7-17(8-10-19)24(31)29-27-13-16-11-21(26)23(22(12-16)32-2)33-14-18-5-3-4-6-20(18)25/h3-13H,14H2,1-2H3,(H,28,30)(H,29,31)/b27-13-. The molecule has 0 unspecified atom stereocenters. The number of carbonyl (C=O) groups excluding carboxylic acids is 2. The minimum atomic E-state index is -0.373. The maximum atomic E-state index is 12.3. The summed E-state index contributed by atoms with van der Waals surface area (Å²) in [5.74, 6) is 0.581. The zero-order valence-corrected chi connectivity index (χ0v) is 20.8. The summed E-state index contributed by atoms with van der Waals surface area (Å²) in [5.41, 5.74) is 5.11. The maximum Gasteiger partial charge on any atom is 0.271 e. The fourth-order valence-electron chi connectivity index (χ4n) is 2.86. The molecule has 0 saturated heterocycles. The van der Waals surface area contributed by atoms with Crippen LogP contribution >= 0.6 is 34.2 Å². The summed E-state index contributed by atoms with van der Waals surface area (Å²) in [6, 6.07) is 17.6. The summed E-state index contributed by atoms with van der Waals surface area (Å²) in [6.07, 6.45) is 1.52. The van der Waals surface area contributed by atoms with E-state index in [2.05, 4.69) is 38.4 Å². The molecule has 0 aromatic heterocycles. The first kappa shape index (κ1) is 24.5. The van der Waals surface area contributed by atoms with Gasteiger partial charge in [-0.3, -0.25) is 9.59 Å². The molecule has 3 aromatic rings. The second kappa shape index (κ2) is 11.7. The van der Waals surface area contributed by atoms with Crippen LogP contribution in [0.3, 0.4) is 0 Å². The number of hydrazone groups is 1. The predicted octanol–water partition coefficient (Wildman–Crippen LogP) is 5.25. The molecule has 0 bridgehead atoms. The van der Waals surface area contributed by atoms with Gasteiger partial charge in [-0.15, -0.1) is 0 Å². The van der Waals surface area contributed by atoms with Gasteiger partial charge in [0.2, 0.25) is 5.91 Å². The molecule has 33 heavy (non-hydrogen) atoms. The molecule has 0 aliphatic rings. The number of hydrogen-bond acceptors (Lipinski definition) is 5. The van der Waals surface area contributed by atoms with E-state index in [9.17, 15) is 9.59 Å². The van der Waals surface area contributed by atoms with E-state index >= 15 is 0 Å². The number of anilines is 1. The lowest BCUT2D eigenvalue weighted by Gasteiger charge is -2.14. The van der Waals surface area contributed by atoms with Gasteiger partial charge < -0.3 is 14.8 Å². The Morgan fingerprint density at radius 3 is 2.52 bits per heavy atom. The Hall–Kier alpha value is -3.11. The van der Waals surface area contributed by atoms with Crippen molar-refractivity contribution in [1.82, 2.24) is 5.43 Å². The number of rotatable bonds is 8. The van der Waals surface area contributed by atoms with Gasteiger partial charge in [-0.1, -0.05) is 29.8 Å². The topological polar surface area (TPSA) is 89.0 Å². The van der Waals surface area contributed by atoms with Crippen molar-refractivity contribution in [2.24, 2.45) is 5.10 Å². The lowest BCUT2D eigenvalue weighted by Crippen LogP contribution is -2.17. The molecule has 9 heteroatoms. The zero-order valence-electron chi connectivity index (χ0n) is 17.9. The summed E-state index contributed by atoms with van der Waals surface area (Å²) in [6.45, 7) is 1.72. The minimum Gasteiger partial charge on any atom is -0.493 e. The van der Waals surface area contributed by atoms with Crippen LogP contribution in [-0.4, -0.2) is 25.1 Å². The van der Waals surface area contributed by atoms with Crippen LogP contribution in [0, 0.1) is 3.57 Å². The highest BCUT2D eigenvalue weighted by Crippen LogP contribution is 2.34. The number of benzene rings is 3. The number of carbonyl (C=O) groups is 2. The molecular weight excluding hydrogens is 557 g/mol. The smallest absolute Gasteiger partial charge is 0.271 e. The fraction of sp³-hybridized carbons (Fsp3) is 0.125. The molecule has 0 radical (unpaired) electrons. The summed E-state index contributed by atoms with van der Waals surface area (Å²) in [7, 11) is 1.56. The molecule has 2 amide bonds.